The van der Waals surface area contributed by atoms with E-state index in [0.717, 1.165) is 16.8 Å². The van der Waals surface area contributed by atoms with Crippen LogP contribution in [0.2, 0.25) is 0 Å². The van der Waals surface area contributed by atoms with Crippen LogP contribution in [0.25, 0.3) is 0 Å². The van der Waals surface area contributed by atoms with Gasteiger partial charge in [-0.15, -0.1) is 0 Å². The van der Waals surface area contributed by atoms with Gasteiger partial charge >= 0.3 is 0 Å². The molecule has 2 aromatic carbocycles. The third kappa shape index (κ3) is 3.31. The molecule has 4 heteroatoms. The Morgan fingerprint density at radius 3 is 2.33 bits per heavy atom. The molecule has 2 nitrogen and oxygen atoms in total. The third-order valence-corrected chi connectivity index (χ3v) is 3.23. The summed E-state index contributed by atoms with van der Waals surface area (Å²) in [6.07, 6.45) is 0. The van der Waals surface area contributed by atoms with Gasteiger partial charge in [0.1, 0.15) is 5.82 Å². The van der Waals surface area contributed by atoms with E-state index < -0.39 is 0 Å². The molecule has 2 aromatic rings. The highest BCUT2D eigenvalue weighted by molar-refractivity contribution is 9.10. The number of aliphatic hydroxyl groups excluding tert-OH is 1. The molecule has 0 aliphatic rings. The van der Waals surface area contributed by atoms with Crippen molar-refractivity contribution >= 4 is 21.6 Å². The van der Waals surface area contributed by atoms with Crippen LogP contribution < -0.4 is 5.32 Å². The lowest BCUT2D eigenvalue weighted by molar-refractivity contribution is 0.282. The fraction of sp³-hybridized carbons (Fsp3) is 0.143. The first-order valence-corrected chi connectivity index (χ1v) is 6.36. The number of benzene rings is 2. The molecule has 94 valence electrons. The van der Waals surface area contributed by atoms with Crippen molar-refractivity contribution in [2.24, 2.45) is 0 Å². The predicted molar refractivity (Wildman–Crippen MR) is 73.8 cm³/mol. The van der Waals surface area contributed by atoms with Gasteiger partial charge < -0.3 is 10.4 Å². The number of aliphatic hydroxyl groups is 1. The van der Waals surface area contributed by atoms with Gasteiger partial charge in [-0.1, -0.05) is 24.3 Å². The monoisotopic (exact) mass is 309 g/mol. The zero-order valence-corrected chi connectivity index (χ0v) is 11.2. The molecule has 0 unspecified atom stereocenters. The Hall–Kier alpha value is -1.39. The smallest absolute Gasteiger partial charge is 0.137 e. The lowest BCUT2D eigenvalue weighted by Gasteiger charge is -2.08. The van der Waals surface area contributed by atoms with Crippen LogP contribution in [0, 0.1) is 5.82 Å². The Bertz CT molecular complexity index is 528. The van der Waals surface area contributed by atoms with Crippen LogP contribution in [-0.4, -0.2) is 5.11 Å². The van der Waals surface area contributed by atoms with Crippen LogP contribution in [0.3, 0.4) is 0 Å². The van der Waals surface area contributed by atoms with E-state index in [-0.39, 0.29) is 12.4 Å². The lowest BCUT2D eigenvalue weighted by Crippen LogP contribution is -1.99. The zero-order chi connectivity index (χ0) is 13.0. The Morgan fingerprint density at radius 1 is 1.06 bits per heavy atom. The summed E-state index contributed by atoms with van der Waals surface area (Å²) in [6, 6.07) is 12.5. The van der Waals surface area contributed by atoms with Gasteiger partial charge in [-0.05, 0) is 45.3 Å². The molecule has 0 amide bonds. The Balaban J connectivity index is 1.99. The fourth-order valence-corrected chi connectivity index (χ4v) is 1.95. The first-order valence-electron chi connectivity index (χ1n) is 5.56. The Kier molecular flexibility index (Phi) is 4.33. The van der Waals surface area contributed by atoms with E-state index in [2.05, 4.69) is 21.2 Å². The number of hydrogen-bond donors (Lipinski definition) is 2. The van der Waals surface area contributed by atoms with Gasteiger partial charge in [-0.3, -0.25) is 0 Å². The van der Waals surface area contributed by atoms with Gasteiger partial charge in [0, 0.05) is 12.2 Å². The summed E-state index contributed by atoms with van der Waals surface area (Å²) in [5.74, 6) is -0.271. The molecular weight excluding hydrogens is 297 g/mol. The second-order valence-corrected chi connectivity index (χ2v) is 4.81. The molecule has 2 N–H and O–H groups in total. The summed E-state index contributed by atoms with van der Waals surface area (Å²) < 4.78 is 13.5. The van der Waals surface area contributed by atoms with E-state index in [9.17, 15) is 4.39 Å². The molecule has 2 rings (SSSR count). The minimum atomic E-state index is -0.271. The van der Waals surface area contributed by atoms with Crippen molar-refractivity contribution in [3.8, 4) is 0 Å². The first kappa shape index (κ1) is 13.1. The molecule has 0 saturated heterocycles. The first-order chi connectivity index (χ1) is 8.69. The maximum absolute atomic E-state index is 13.0. The molecule has 0 bridgehead atoms. The summed E-state index contributed by atoms with van der Waals surface area (Å²) in [5.41, 5.74) is 2.85. The van der Waals surface area contributed by atoms with Crippen molar-refractivity contribution in [3.05, 3.63) is 63.9 Å². The van der Waals surface area contributed by atoms with Crippen molar-refractivity contribution in [1.82, 2.24) is 0 Å². The van der Waals surface area contributed by atoms with Gasteiger partial charge in [-0.25, -0.2) is 4.39 Å². The van der Waals surface area contributed by atoms with Gasteiger partial charge in [0.2, 0.25) is 0 Å². The van der Waals surface area contributed by atoms with Gasteiger partial charge in [0.15, 0.2) is 0 Å². The fourth-order valence-electron chi connectivity index (χ4n) is 1.57. The van der Waals surface area contributed by atoms with E-state index in [1.165, 1.54) is 6.07 Å². The number of rotatable bonds is 4. The third-order valence-electron chi connectivity index (χ3n) is 2.62. The van der Waals surface area contributed by atoms with E-state index in [4.69, 9.17) is 5.11 Å². The van der Waals surface area contributed by atoms with Crippen molar-refractivity contribution < 1.29 is 9.50 Å². The van der Waals surface area contributed by atoms with Crippen molar-refractivity contribution in [1.29, 1.82) is 0 Å². The molecule has 0 fully saturated rings. The van der Waals surface area contributed by atoms with Crippen LogP contribution in [0.1, 0.15) is 11.1 Å². The average Bonchev–Trinajstić information content (AvgIpc) is 2.41. The molecule has 0 atom stereocenters. The second-order valence-electron chi connectivity index (χ2n) is 3.96. The summed E-state index contributed by atoms with van der Waals surface area (Å²) in [5, 5.41) is 12.1. The second kappa shape index (κ2) is 5.98. The largest absolute Gasteiger partial charge is 0.392 e. The van der Waals surface area contributed by atoms with E-state index in [1.807, 2.05) is 24.3 Å². The van der Waals surface area contributed by atoms with Gasteiger partial charge in [0.05, 0.1) is 11.1 Å². The summed E-state index contributed by atoms with van der Waals surface area (Å²) in [6.45, 7) is 0.711. The minimum Gasteiger partial charge on any atom is -0.392 e. The van der Waals surface area contributed by atoms with E-state index >= 15 is 0 Å². The highest BCUT2D eigenvalue weighted by Crippen LogP contribution is 2.20. The van der Waals surface area contributed by atoms with Crippen LogP contribution in [0.4, 0.5) is 10.1 Å². The van der Waals surface area contributed by atoms with Crippen LogP contribution in [0.5, 0.6) is 0 Å². The topological polar surface area (TPSA) is 32.3 Å². The Labute approximate surface area is 114 Å². The quantitative estimate of drug-likeness (QED) is 0.902. The number of nitrogens with one attached hydrogen (secondary N) is 1. The van der Waals surface area contributed by atoms with Crippen LogP contribution in [-0.2, 0) is 13.2 Å². The normalized spacial score (nSPS) is 10.4. The molecule has 0 aromatic heterocycles. The molecule has 0 radical (unpaired) electrons. The van der Waals surface area contributed by atoms with Crippen molar-refractivity contribution in [2.75, 3.05) is 5.32 Å². The lowest BCUT2D eigenvalue weighted by atomic mass is 10.1. The maximum atomic E-state index is 13.0. The molecule has 0 aliphatic heterocycles. The summed E-state index contributed by atoms with van der Waals surface area (Å²) in [7, 11) is 0. The molecule has 0 saturated carbocycles. The van der Waals surface area contributed by atoms with Crippen LogP contribution in [0.15, 0.2) is 46.9 Å². The average molecular weight is 310 g/mol. The Morgan fingerprint density at radius 2 is 1.72 bits per heavy atom. The highest BCUT2D eigenvalue weighted by Gasteiger charge is 2.00. The van der Waals surface area contributed by atoms with Crippen molar-refractivity contribution in [2.45, 2.75) is 13.2 Å². The number of halogens is 2. The van der Waals surface area contributed by atoms with Gasteiger partial charge in [0.25, 0.3) is 0 Å². The summed E-state index contributed by atoms with van der Waals surface area (Å²) in [4.78, 5) is 0. The van der Waals surface area contributed by atoms with Gasteiger partial charge in [-0.2, -0.15) is 0 Å². The van der Waals surface area contributed by atoms with Crippen LogP contribution >= 0.6 is 15.9 Å². The SMILES string of the molecule is OCc1ccc(CNc2ccc(F)c(Br)c2)cc1. The molecule has 0 heterocycles. The number of hydrogen-bond acceptors (Lipinski definition) is 2. The zero-order valence-electron chi connectivity index (χ0n) is 9.66. The maximum Gasteiger partial charge on any atom is 0.137 e. The van der Waals surface area contributed by atoms with E-state index in [1.54, 1.807) is 12.1 Å². The molecule has 0 spiro atoms. The minimum absolute atomic E-state index is 0.0542. The number of anilines is 1. The molecular formula is C14H13BrFNO. The molecule has 18 heavy (non-hydrogen) atoms. The summed E-state index contributed by atoms with van der Waals surface area (Å²) >= 11 is 3.15. The molecule has 0 aliphatic carbocycles. The van der Waals surface area contributed by atoms with E-state index in [0.29, 0.717) is 11.0 Å². The highest BCUT2D eigenvalue weighted by atomic mass is 79.9. The van der Waals surface area contributed by atoms with Crippen molar-refractivity contribution in [3.63, 3.8) is 0 Å². The predicted octanol–water partition coefficient (Wildman–Crippen LogP) is 3.69. The standard InChI is InChI=1S/C14H13BrFNO/c15-13-7-12(5-6-14(13)16)17-8-10-1-3-11(9-18)4-2-10/h1-7,17-18H,8-9H2.